The molecule has 4 nitrogen and oxygen atoms in total. The van der Waals surface area contributed by atoms with Gasteiger partial charge >= 0.3 is 0 Å². The summed E-state index contributed by atoms with van der Waals surface area (Å²) < 4.78 is 30.6. The Balaban J connectivity index is 2.43. The Labute approximate surface area is 103 Å². The van der Waals surface area contributed by atoms with Crippen molar-refractivity contribution in [2.24, 2.45) is 0 Å². The molecule has 0 aliphatic heterocycles. The molecule has 1 rings (SSSR count). The van der Waals surface area contributed by atoms with Gasteiger partial charge in [-0.3, -0.25) is 0 Å². The second-order valence-electron chi connectivity index (χ2n) is 4.05. The van der Waals surface area contributed by atoms with Crippen LogP contribution in [0, 0.1) is 6.92 Å². The van der Waals surface area contributed by atoms with Gasteiger partial charge in [0.25, 0.3) is 0 Å². The summed E-state index contributed by atoms with van der Waals surface area (Å²) in [4.78, 5) is 0. The highest BCUT2D eigenvalue weighted by Crippen LogP contribution is 2.11. The lowest BCUT2D eigenvalue weighted by atomic mass is 10.2. The van der Waals surface area contributed by atoms with E-state index in [0.29, 0.717) is 6.61 Å². The fourth-order valence-corrected chi connectivity index (χ4v) is 2.13. The predicted octanol–water partition coefficient (Wildman–Crippen LogP) is 1.70. The molecule has 1 atom stereocenters. The van der Waals surface area contributed by atoms with Crippen LogP contribution in [0.4, 0.5) is 0 Å². The Morgan fingerprint density at radius 3 is 2.41 bits per heavy atom. The Hall–Kier alpha value is -1.07. The summed E-state index contributed by atoms with van der Waals surface area (Å²) in [5.41, 5.74) is 1.16. The number of hydrogen-bond donors (Lipinski definition) is 1. The number of sulfonamides is 1. The number of ether oxygens (including phenoxy) is 1. The molecule has 1 aromatic rings. The van der Waals surface area contributed by atoms with Crippen LogP contribution in [0.15, 0.2) is 24.3 Å². The molecule has 0 aromatic heterocycles. The number of rotatable bonds is 6. The van der Waals surface area contributed by atoms with Crippen molar-refractivity contribution in [2.45, 2.75) is 26.8 Å². The van der Waals surface area contributed by atoms with Crippen LogP contribution in [0.25, 0.3) is 0 Å². The molecule has 0 amide bonds. The van der Waals surface area contributed by atoms with Gasteiger partial charge in [-0.05, 0) is 32.9 Å². The Morgan fingerprint density at radius 2 is 1.88 bits per heavy atom. The number of nitrogens with one attached hydrogen (secondary N) is 1. The number of hydrogen-bond acceptors (Lipinski definition) is 3. The lowest BCUT2D eigenvalue weighted by Gasteiger charge is -2.14. The quantitative estimate of drug-likeness (QED) is 0.844. The third-order valence-electron chi connectivity index (χ3n) is 2.28. The van der Waals surface area contributed by atoms with Crippen LogP contribution in [-0.4, -0.2) is 26.8 Å². The van der Waals surface area contributed by atoms with E-state index in [1.54, 1.807) is 13.8 Å². The lowest BCUT2D eigenvalue weighted by molar-refractivity contribution is 0.287. The van der Waals surface area contributed by atoms with E-state index in [1.165, 1.54) is 0 Å². The summed E-state index contributed by atoms with van der Waals surface area (Å²) in [6, 6.07) is 7.42. The molecular formula is C12H19NO3S. The summed E-state index contributed by atoms with van der Waals surface area (Å²) in [5, 5.41) is 0. The minimum atomic E-state index is -3.16. The van der Waals surface area contributed by atoms with Gasteiger partial charge in [0.2, 0.25) is 10.0 Å². The van der Waals surface area contributed by atoms with Crippen LogP contribution in [-0.2, 0) is 10.0 Å². The molecule has 1 N–H and O–H groups in total. The highest BCUT2D eigenvalue weighted by atomic mass is 32.2. The zero-order chi connectivity index (χ0) is 12.9. The fraction of sp³-hybridized carbons (Fsp3) is 0.500. The van der Waals surface area contributed by atoms with E-state index in [9.17, 15) is 8.42 Å². The molecule has 0 saturated carbocycles. The van der Waals surface area contributed by atoms with Crippen LogP contribution >= 0.6 is 0 Å². The Bertz CT molecular complexity index is 439. The maximum atomic E-state index is 11.3. The zero-order valence-electron chi connectivity index (χ0n) is 10.4. The first-order valence-corrected chi connectivity index (χ1v) is 7.27. The second-order valence-corrected chi connectivity index (χ2v) is 6.09. The van der Waals surface area contributed by atoms with Crippen LogP contribution in [0.5, 0.6) is 5.75 Å². The smallest absolute Gasteiger partial charge is 0.211 e. The van der Waals surface area contributed by atoms with Gasteiger partial charge < -0.3 is 4.74 Å². The molecule has 17 heavy (non-hydrogen) atoms. The first-order valence-electron chi connectivity index (χ1n) is 5.62. The van der Waals surface area contributed by atoms with E-state index < -0.39 is 10.0 Å². The van der Waals surface area contributed by atoms with Crippen LogP contribution < -0.4 is 9.46 Å². The van der Waals surface area contributed by atoms with Gasteiger partial charge in [0.1, 0.15) is 12.4 Å². The lowest BCUT2D eigenvalue weighted by Crippen LogP contribution is -2.37. The average molecular weight is 257 g/mol. The molecule has 0 spiro atoms. The summed E-state index contributed by atoms with van der Waals surface area (Å²) >= 11 is 0. The first-order chi connectivity index (χ1) is 7.93. The van der Waals surface area contributed by atoms with Crippen molar-refractivity contribution in [3.05, 3.63) is 29.8 Å². The summed E-state index contributed by atoms with van der Waals surface area (Å²) in [6.07, 6.45) is 0. The van der Waals surface area contributed by atoms with Crippen molar-refractivity contribution in [2.75, 3.05) is 12.4 Å². The largest absolute Gasteiger partial charge is 0.492 e. The molecule has 5 heteroatoms. The SMILES string of the molecule is CCS(=O)(=O)N[C@H](C)COc1ccc(C)cc1. The molecule has 0 unspecified atom stereocenters. The van der Waals surface area contributed by atoms with E-state index in [0.717, 1.165) is 11.3 Å². The van der Waals surface area contributed by atoms with Crippen molar-refractivity contribution in [1.29, 1.82) is 0 Å². The Morgan fingerprint density at radius 1 is 1.29 bits per heavy atom. The van der Waals surface area contributed by atoms with Crippen molar-refractivity contribution in [3.8, 4) is 5.75 Å². The molecular weight excluding hydrogens is 238 g/mol. The van der Waals surface area contributed by atoms with Crippen molar-refractivity contribution < 1.29 is 13.2 Å². The standard InChI is InChI=1S/C12H19NO3S/c1-4-17(14,15)13-11(3)9-16-12-7-5-10(2)6-8-12/h5-8,11,13H,4,9H2,1-3H3/t11-/m1/s1. The van der Waals surface area contributed by atoms with E-state index in [-0.39, 0.29) is 11.8 Å². The van der Waals surface area contributed by atoms with Gasteiger partial charge in [0.05, 0.1) is 11.8 Å². The topological polar surface area (TPSA) is 55.4 Å². The number of benzene rings is 1. The second kappa shape index (κ2) is 6.02. The molecule has 0 aliphatic rings. The first kappa shape index (κ1) is 14.0. The minimum absolute atomic E-state index is 0.0852. The number of aryl methyl sites for hydroxylation is 1. The highest BCUT2D eigenvalue weighted by molar-refractivity contribution is 7.89. The summed E-state index contributed by atoms with van der Waals surface area (Å²) in [5.74, 6) is 0.833. The predicted molar refractivity (Wildman–Crippen MR) is 68.7 cm³/mol. The van der Waals surface area contributed by atoms with Gasteiger partial charge in [-0.2, -0.15) is 0 Å². The van der Waals surface area contributed by atoms with Gasteiger partial charge in [0, 0.05) is 0 Å². The van der Waals surface area contributed by atoms with Crippen molar-refractivity contribution in [1.82, 2.24) is 4.72 Å². The van der Waals surface area contributed by atoms with E-state index in [4.69, 9.17) is 4.74 Å². The average Bonchev–Trinajstić information content (AvgIpc) is 2.28. The highest BCUT2D eigenvalue weighted by Gasteiger charge is 2.12. The zero-order valence-corrected chi connectivity index (χ0v) is 11.3. The summed E-state index contributed by atoms with van der Waals surface area (Å²) in [6.45, 7) is 5.71. The molecule has 96 valence electrons. The van der Waals surface area contributed by atoms with Crippen LogP contribution in [0.2, 0.25) is 0 Å². The molecule has 0 fully saturated rings. The van der Waals surface area contributed by atoms with Gasteiger partial charge in [-0.15, -0.1) is 0 Å². The van der Waals surface area contributed by atoms with Crippen molar-refractivity contribution >= 4 is 10.0 Å². The van der Waals surface area contributed by atoms with Crippen LogP contribution in [0.1, 0.15) is 19.4 Å². The third kappa shape index (κ3) is 5.19. The van der Waals surface area contributed by atoms with Gasteiger partial charge in [0.15, 0.2) is 0 Å². The van der Waals surface area contributed by atoms with E-state index in [1.807, 2.05) is 31.2 Å². The molecule has 0 bridgehead atoms. The van der Waals surface area contributed by atoms with Gasteiger partial charge in [-0.25, -0.2) is 13.1 Å². The molecule has 0 aliphatic carbocycles. The molecule has 0 radical (unpaired) electrons. The monoisotopic (exact) mass is 257 g/mol. The van der Waals surface area contributed by atoms with E-state index >= 15 is 0 Å². The molecule has 0 saturated heterocycles. The molecule has 0 heterocycles. The maximum Gasteiger partial charge on any atom is 0.211 e. The van der Waals surface area contributed by atoms with Crippen molar-refractivity contribution in [3.63, 3.8) is 0 Å². The van der Waals surface area contributed by atoms with Gasteiger partial charge in [-0.1, -0.05) is 17.7 Å². The maximum absolute atomic E-state index is 11.3. The Kier molecular flexibility index (Phi) is 4.96. The fourth-order valence-electron chi connectivity index (χ4n) is 1.28. The normalized spacial score (nSPS) is 13.4. The van der Waals surface area contributed by atoms with E-state index in [2.05, 4.69) is 4.72 Å². The summed E-state index contributed by atoms with van der Waals surface area (Å²) in [7, 11) is -3.16. The minimum Gasteiger partial charge on any atom is -0.492 e. The third-order valence-corrected chi connectivity index (χ3v) is 3.80. The molecule has 1 aromatic carbocycles. The van der Waals surface area contributed by atoms with Crippen LogP contribution in [0.3, 0.4) is 0 Å².